The molecule has 0 radical (unpaired) electrons. The van der Waals surface area contributed by atoms with Gasteiger partial charge in [-0.25, -0.2) is 9.97 Å². The van der Waals surface area contributed by atoms with E-state index in [9.17, 15) is 5.11 Å². The van der Waals surface area contributed by atoms with E-state index in [1.54, 1.807) is 19.2 Å². The van der Waals surface area contributed by atoms with Crippen molar-refractivity contribution in [3.63, 3.8) is 0 Å². The summed E-state index contributed by atoms with van der Waals surface area (Å²) in [6, 6.07) is 7.76. The third kappa shape index (κ3) is 2.92. The van der Waals surface area contributed by atoms with Crippen LogP contribution in [0.5, 0.6) is 0 Å². The highest BCUT2D eigenvalue weighted by Gasteiger charge is 2.30. The maximum absolute atomic E-state index is 11.1. The van der Waals surface area contributed by atoms with Crippen LogP contribution in [0.25, 0.3) is 10.9 Å². The van der Waals surface area contributed by atoms with Crippen molar-refractivity contribution in [2.75, 3.05) is 13.6 Å². The highest BCUT2D eigenvalue weighted by atomic mass is 35.5. The number of hydrogen-bond acceptors (Lipinski definition) is 4. The van der Waals surface area contributed by atoms with Crippen LogP contribution in [0.2, 0.25) is 5.02 Å². The molecule has 0 aliphatic carbocycles. The number of hydrogen-bond donors (Lipinski definition) is 1. The highest BCUT2D eigenvalue weighted by molar-refractivity contribution is 6.31. The minimum absolute atomic E-state index is 0.436. The Morgan fingerprint density at radius 1 is 1.32 bits per heavy atom. The van der Waals surface area contributed by atoms with E-state index in [2.05, 4.69) is 26.5 Å². The fourth-order valence-corrected chi connectivity index (χ4v) is 3.90. The molecule has 1 aliphatic heterocycles. The van der Waals surface area contributed by atoms with Crippen molar-refractivity contribution in [3.8, 4) is 0 Å². The molecular formula is C19H21ClN4O. The van der Waals surface area contributed by atoms with Crippen molar-refractivity contribution in [2.24, 2.45) is 0 Å². The third-order valence-electron chi connectivity index (χ3n) is 5.01. The van der Waals surface area contributed by atoms with Crippen LogP contribution >= 0.6 is 11.6 Å². The Morgan fingerprint density at radius 3 is 2.92 bits per heavy atom. The summed E-state index contributed by atoms with van der Waals surface area (Å²) in [5.74, 6) is 0. The average Bonchev–Trinajstić information content (AvgIpc) is 2.88. The second-order valence-corrected chi connectivity index (χ2v) is 7.47. The molecule has 3 aromatic rings. The summed E-state index contributed by atoms with van der Waals surface area (Å²) in [5, 5.41) is 13.0. The van der Waals surface area contributed by atoms with E-state index < -0.39 is 5.60 Å². The average molecular weight is 357 g/mol. The van der Waals surface area contributed by atoms with Crippen LogP contribution in [0.4, 0.5) is 0 Å². The Hall–Kier alpha value is -1.95. The first-order valence-corrected chi connectivity index (χ1v) is 8.80. The van der Waals surface area contributed by atoms with Gasteiger partial charge in [0, 0.05) is 40.9 Å². The lowest BCUT2D eigenvalue weighted by Crippen LogP contribution is -2.32. The molecule has 0 spiro atoms. The van der Waals surface area contributed by atoms with E-state index in [1.165, 1.54) is 23.0 Å². The van der Waals surface area contributed by atoms with Gasteiger partial charge in [-0.15, -0.1) is 0 Å². The highest BCUT2D eigenvalue weighted by Crippen LogP contribution is 2.34. The lowest BCUT2D eigenvalue weighted by Gasteiger charge is -2.28. The van der Waals surface area contributed by atoms with Crippen molar-refractivity contribution in [1.29, 1.82) is 0 Å². The first kappa shape index (κ1) is 16.5. The number of halogens is 1. The lowest BCUT2D eigenvalue weighted by molar-refractivity contribution is 0.0336. The summed E-state index contributed by atoms with van der Waals surface area (Å²) in [7, 11) is 2.13. The molecule has 0 saturated heterocycles. The van der Waals surface area contributed by atoms with Gasteiger partial charge in [-0.1, -0.05) is 11.6 Å². The zero-order valence-electron chi connectivity index (χ0n) is 14.4. The van der Waals surface area contributed by atoms with E-state index in [0.717, 1.165) is 30.0 Å². The summed E-state index contributed by atoms with van der Waals surface area (Å²) >= 11 is 6.24. The van der Waals surface area contributed by atoms with Gasteiger partial charge < -0.3 is 14.6 Å². The zero-order chi connectivity index (χ0) is 17.6. The molecule has 2 aromatic heterocycles. The van der Waals surface area contributed by atoms with Gasteiger partial charge >= 0.3 is 0 Å². The zero-order valence-corrected chi connectivity index (χ0v) is 15.2. The van der Waals surface area contributed by atoms with Crippen molar-refractivity contribution in [2.45, 2.75) is 32.0 Å². The van der Waals surface area contributed by atoms with E-state index in [0.29, 0.717) is 12.2 Å². The molecule has 0 bridgehead atoms. The predicted octanol–water partition coefficient (Wildman–Crippen LogP) is 2.98. The largest absolute Gasteiger partial charge is 0.382 e. The quantitative estimate of drug-likeness (QED) is 0.784. The molecule has 5 nitrogen and oxygen atoms in total. The van der Waals surface area contributed by atoms with Gasteiger partial charge in [0.2, 0.25) is 0 Å². The van der Waals surface area contributed by atoms with E-state index in [1.807, 2.05) is 18.2 Å². The molecule has 1 unspecified atom stereocenters. The first-order chi connectivity index (χ1) is 12.0. The molecule has 1 aliphatic rings. The van der Waals surface area contributed by atoms with Crippen molar-refractivity contribution in [3.05, 3.63) is 58.8 Å². The number of aromatic nitrogens is 3. The fraction of sp³-hybridized carbons (Fsp3) is 0.368. The smallest absolute Gasteiger partial charge is 0.122 e. The summed E-state index contributed by atoms with van der Waals surface area (Å²) in [5.41, 5.74) is 3.24. The monoisotopic (exact) mass is 356 g/mol. The van der Waals surface area contributed by atoms with Gasteiger partial charge in [-0.05, 0) is 50.2 Å². The van der Waals surface area contributed by atoms with Crippen LogP contribution in [0, 0.1) is 0 Å². The molecule has 1 aromatic carbocycles. The van der Waals surface area contributed by atoms with Gasteiger partial charge in [0.05, 0.1) is 12.2 Å². The second kappa shape index (κ2) is 6.09. The Balaban J connectivity index is 1.85. The van der Waals surface area contributed by atoms with Crippen molar-refractivity contribution >= 4 is 22.5 Å². The van der Waals surface area contributed by atoms with Crippen LogP contribution in [0.1, 0.15) is 23.9 Å². The van der Waals surface area contributed by atoms with Crippen LogP contribution in [0.3, 0.4) is 0 Å². The molecule has 6 heteroatoms. The number of rotatable bonds is 3. The molecule has 3 heterocycles. The van der Waals surface area contributed by atoms with Crippen molar-refractivity contribution in [1.82, 2.24) is 19.4 Å². The standard InChI is InChI=1S/C19H21ClN4O/c1-19(25,18-5-7-21-12-22-18)11-24-16-4-3-13(20)9-15(16)14-6-8-23(2)10-17(14)24/h3-5,7,9,12,25H,6,8,10-11H2,1-2H3. The van der Waals surface area contributed by atoms with Gasteiger partial charge in [-0.2, -0.15) is 0 Å². The van der Waals surface area contributed by atoms with Gasteiger partial charge in [0.25, 0.3) is 0 Å². The van der Waals surface area contributed by atoms with Crippen LogP contribution in [0.15, 0.2) is 36.8 Å². The summed E-state index contributed by atoms with van der Waals surface area (Å²) in [6.07, 6.45) is 4.12. The van der Waals surface area contributed by atoms with Crippen molar-refractivity contribution < 1.29 is 5.11 Å². The lowest BCUT2D eigenvalue weighted by atomic mass is 10.0. The minimum Gasteiger partial charge on any atom is -0.382 e. The number of likely N-dealkylation sites (N-methyl/N-ethyl adjacent to an activating group) is 1. The number of fused-ring (bicyclic) bond motifs is 3. The third-order valence-corrected chi connectivity index (χ3v) is 5.25. The minimum atomic E-state index is -1.09. The number of aliphatic hydroxyl groups is 1. The Kier molecular flexibility index (Phi) is 4.02. The van der Waals surface area contributed by atoms with Gasteiger partial charge in [-0.3, -0.25) is 0 Å². The van der Waals surface area contributed by atoms with Crippen LogP contribution in [-0.2, 0) is 25.1 Å². The van der Waals surface area contributed by atoms with Gasteiger partial charge in [0.15, 0.2) is 0 Å². The topological polar surface area (TPSA) is 54.2 Å². The van der Waals surface area contributed by atoms with E-state index in [4.69, 9.17) is 11.6 Å². The molecule has 1 atom stereocenters. The fourth-order valence-electron chi connectivity index (χ4n) is 3.72. The molecule has 4 rings (SSSR count). The SMILES string of the molecule is CN1CCc2c(n(CC(C)(O)c3ccncn3)c3ccc(Cl)cc23)C1. The summed E-state index contributed by atoms with van der Waals surface area (Å²) in [4.78, 5) is 10.5. The molecule has 0 amide bonds. The molecule has 1 N–H and O–H groups in total. The Morgan fingerprint density at radius 2 is 2.16 bits per heavy atom. The Labute approximate surface area is 151 Å². The molecule has 25 heavy (non-hydrogen) atoms. The summed E-state index contributed by atoms with van der Waals surface area (Å²) < 4.78 is 2.22. The number of benzene rings is 1. The van der Waals surface area contributed by atoms with E-state index >= 15 is 0 Å². The molecular weight excluding hydrogens is 336 g/mol. The first-order valence-electron chi connectivity index (χ1n) is 8.42. The Bertz CT molecular complexity index is 920. The molecule has 0 fully saturated rings. The predicted molar refractivity (Wildman–Crippen MR) is 98.6 cm³/mol. The maximum Gasteiger partial charge on any atom is 0.122 e. The van der Waals surface area contributed by atoms with Crippen LogP contribution in [-0.4, -0.2) is 38.1 Å². The molecule has 0 saturated carbocycles. The second-order valence-electron chi connectivity index (χ2n) is 7.03. The number of nitrogens with zero attached hydrogens (tertiary/aromatic N) is 4. The summed E-state index contributed by atoms with van der Waals surface area (Å²) in [6.45, 7) is 4.13. The normalized spacial score (nSPS) is 17.4. The van der Waals surface area contributed by atoms with Gasteiger partial charge in [0.1, 0.15) is 11.9 Å². The van der Waals surface area contributed by atoms with E-state index in [-0.39, 0.29) is 0 Å². The van der Waals surface area contributed by atoms with Crippen LogP contribution < -0.4 is 0 Å². The maximum atomic E-state index is 11.1. The molecule has 130 valence electrons.